The van der Waals surface area contributed by atoms with Crippen molar-refractivity contribution in [3.05, 3.63) is 5.82 Å². The third-order valence-corrected chi connectivity index (χ3v) is 3.61. The number of hydrogen-bond acceptors (Lipinski definition) is 5. The van der Waals surface area contributed by atoms with Gasteiger partial charge in [0.05, 0.1) is 5.75 Å². The number of rotatable bonds is 4. The first-order chi connectivity index (χ1) is 8.18. The lowest BCUT2D eigenvalue weighted by atomic mass is 10.2. The Balaban J connectivity index is 2.13. The first-order valence-corrected chi connectivity index (χ1v) is 6.69. The number of carboxylic acids is 1. The molecule has 2 rings (SSSR count). The molecule has 0 radical (unpaired) electrons. The molecule has 0 aliphatic carbocycles. The Hall–Kier alpha value is -1.24. The fourth-order valence-electron chi connectivity index (χ4n) is 1.96. The van der Waals surface area contributed by atoms with Gasteiger partial charge in [0.2, 0.25) is 5.16 Å². The van der Waals surface area contributed by atoms with Crippen LogP contribution in [0.4, 0.5) is 0 Å². The molecule has 6 nitrogen and oxygen atoms in total. The van der Waals surface area contributed by atoms with Crippen LogP contribution in [-0.4, -0.2) is 44.8 Å². The molecular weight excluding hydrogens is 240 g/mol. The summed E-state index contributed by atoms with van der Waals surface area (Å²) in [6.07, 6.45) is 3.59. The summed E-state index contributed by atoms with van der Waals surface area (Å²) >= 11 is 1.22. The van der Waals surface area contributed by atoms with E-state index in [4.69, 9.17) is 5.11 Å². The Morgan fingerprint density at radius 1 is 1.35 bits per heavy atom. The second kappa shape index (κ2) is 5.39. The second-order valence-electron chi connectivity index (χ2n) is 4.04. The van der Waals surface area contributed by atoms with Crippen LogP contribution in [0.2, 0.25) is 0 Å². The van der Waals surface area contributed by atoms with Crippen LogP contribution in [-0.2, 0) is 4.79 Å². The van der Waals surface area contributed by atoms with Gasteiger partial charge in [-0.2, -0.15) is 0 Å². The molecule has 0 saturated carbocycles. The zero-order valence-corrected chi connectivity index (χ0v) is 10.6. The van der Waals surface area contributed by atoms with Gasteiger partial charge in [-0.25, -0.2) is 4.68 Å². The van der Waals surface area contributed by atoms with Gasteiger partial charge in [-0.3, -0.25) is 4.79 Å². The van der Waals surface area contributed by atoms with Crippen molar-refractivity contribution in [2.24, 2.45) is 0 Å². The highest BCUT2D eigenvalue weighted by atomic mass is 32.2. The van der Waals surface area contributed by atoms with E-state index in [0.29, 0.717) is 5.16 Å². The SMILES string of the molecule is Cc1nnc(SCC(=O)O)n1N1CCCCC1. The number of carboxylic acid groups (broad SMARTS) is 1. The van der Waals surface area contributed by atoms with E-state index in [9.17, 15) is 4.79 Å². The van der Waals surface area contributed by atoms with Gasteiger partial charge in [-0.1, -0.05) is 11.8 Å². The molecule has 0 unspecified atom stereocenters. The van der Waals surface area contributed by atoms with Crippen molar-refractivity contribution < 1.29 is 9.90 Å². The summed E-state index contributed by atoms with van der Waals surface area (Å²) in [6, 6.07) is 0. The van der Waals surface area contributed by atoms with Gasteiger partial charge in [-0.15, -0.1) is 10.2 Å². The van der Waals surface area contributed by atoms with Crippen LogP contribution in [0.3, 0.4) is 0 Å². The van der Waals surface area contributed by atoms with Crippen molar-refractivity contribution in [2.45, 2.75) is 31.3 Å². The monoisotopic (exact) mass is 256 g/mol. The number of aryl methyl sites for hydroxylation is 1. The van der Waals surface area contributed by atoms with Crippen LogP contribution in [0, 0.1) is 6.92 Å². The molecule has 7 heteroatoms. The molecular formula is C10H16N4O2S. The lowest BCUT2D eigenvalue weighted by Gasteiger charge is -2.30. The van der Waals surface area contributed by atoms with E-state index in [1.165, 1.54) is 31.0 Å². The van der Waals surface area contributed by atoms with E-state index in [1.54, 1.807) is 0 Å². The summed E-state index contributed by atoms with van der Waals surface area (Å²) in [4.78, 5) is 10.6. The van der Waals surface area contributed by atoms with Crippen LogP contribution in [0.5, 0.6) is 0 Å². The molecule has 1 aliphatic heterocycles. The highest BCUT2D eigenvalue weighted by Crippen LogP contribution is 2.19. The zero-order valence-electron chi connectivity index (χ0n) is 9.80. The first-order valence-electron chi connectivity index (χ1n) is 5.70. The van der Waals surface area contributed by atoms with Crippen LogP contribution < -0.4 is 5.01 Å². The molecule has 1 fully saturated rings. The van der Waals surface area contributed by atoms with Crippen LogP contribution in [0.1, 0.15) is 25.1 Å². The smallest absolute Gasteiger partial charge is 0.313 e. The molecule has 17 heavy (non-hydrogen) atoms. The molecule has 0 aromatic carbocycles. The van der Waals surface area contributed by atoms with Gasteiger partial charge in [0.1, 0.15) is 5.82 Å². The minimum Gasteiger partial charge on any atom is -0.481 e. The molecule has 0 spiro atoms. The lowest BCUT2D eigenvalue weighted by molar-refractivity contribution is -0.133. The quantitative estimate of drug-likeness (QED) is 0.807. The number of aliphatic carboxylic acids is 1. The Kier molecular flexibility index (Phi) is 3.88. The molecule has 1 aromatic rings. The Morgan fingerprint density at radius 3 is 2.71 bits per heavy atom. The summed E-state index contributed by atoms with van der Waals surface area (Å²) in [5, 5.41) is 19.6. The number of piperidine rings is 1. The second-order valence-corrected chi connectivity index (χ2v) is 4.98. The summed E-state index contributed by atoms with van der Waals surface area (Å²) in [6.45, 7) is 3.87. The van der Waals surface area contributed by atoms with Crippen molar-refractivity contribution in [3.8, 4) is 0 Å². The van der Waals surface area contributed by atoms with Gasteiger partial charge in [0, 0.05) is 13.1 Å². The summed E-state index contributed by atoms with van der Waals surface area (Å²) in [5.74, 6) is 0.00651. The lowest BCUT2D eigenvalue weighted by Crippen LogP contribution is -2.40. The Bertz CT molecular complexity index is 401. The molecule has 0 bridgehead atoms. The normalized spacial score (nSPS) is 16.2. The molecule has 1 aromatic heterocycles. The maximum atomic E-state index is 10.6. The third-order valence-electron chi connectivity index (χ3n) is 2.71. The van der Waals surface area contributed by atoms with E-state index in [1.807, 2.05) is 11.6 Å². The maximum absolute atomic E-state index is 10.6. The Labute approximate surface area is 104 Å². The van der Waals surface area contributed by atoms with Crippen molar-refractivity contribution in [2.75, 3.05) is 23.9 Å². The highest BCUT2D eigenvalue weighted by molar-refractivity contribution is 7.99. The molecule has 1 saturated heterocycles. The fraction of sp³-hybridized carbons (Fsp3) is 0.700. The Morgan fingerprint density at radius 2 is 2.06 bits per heavy atom. The maximum Gasteiger partial charge on any atom is 0.313 e. The zero-order chi connectivity index (χ0) is 12.3. The molecule has 94 valence electrons. The molecule has 1 aliphatic rings. The highest BCUT2D eigenvalue weighted by Gasteiger charge is 2.18. The van der Waals surface area contributed by atoms with Crippen molar-refractivity contribution in [1.82, 2.24) is 14.9 Å². The molecule has 2 heterocycles. The topological polar surface area (TPSA) is 71.2 Å². The molecule has 0 atom stereocenters. The predicted octanol–water partition coefficient (Wildman–Crippen LogP) is 0.885. The van der Waals surface area contributed by atoms with E-state index < -0.39 is 5.97 Å². The summed E-state index contributed by atoms with van der Waals surface area (Å²) in [7, 11) is 0. The number of hydrogen-bond donors (Lipinski definition) is 1. The minimum absolute atomic E-state index is 0.0198. The van der Waals surface area contributed by atoms with Gasteiger partial charge >= 0.3 is 5.97 Å². The molecule has 1 N–H and O–H groups in total. The fourth-order valence-corrected chi connectivity index (χ4v) is 2.68. The minimum atomic E-state index is -0.833. The van der Waals surface area contributed by atoms with Crippen molar-refractivity contribution >= 4 is 17.7 Å². The van der Waals surface area contributed by atoms with Crippen LogP contribution in [0.25, 0.3) is 0 Å². The largest absolute Gasteiger partial charge is 0.481 e. The van der Waals surface area contributed by atoms with Crippen molar-refractivity contribution in [1.29, 1.82) is 0 Å². The number of aromatic nitrogens is 3. The van der Waals surface area contributed by atoms with Gasteiger partial charge in [-0.05, 0) is 26.2 Å². The average molecular weight is 256 g/mol. The van der Waals surface area contributed by atoms with E-state index in [-0.39, 0.29) is 5.75 Å². The average Bonchev–Trinajstić information content (AvgIpc) is 2.69. The van der Waals surface area contributed by atoms with Gasteiger partial charge < -0.3 is 10.1 Å². The summed E-state index contributed by atoms with van der Waals surface area (Å²) in [5.41, 5.74) is 0. The van der Waals surface area contributed by atoms with Gasteiger partial charge in [0.25, 0.3) is 0 Å². The first kappa shape index (κ1) is 12.2. The van der Waals surface area contributed by atoms with Crippen LogP contribution in [0.15, 0.2) is 5.16 Å². The number of carbonyl (C=O) groups is 1. The molecule has 0 amide bonds. The third kappa shape index (κ3) is 2.91. The van der Waals surface area contributed by atoms with E-state index in [0.717, 1.165) is 18.9 Å². The van der Waals surface area contributed by atoms with E-state index >= 15 is 0 Å². The van der Waals surface area contributed by atoms with E-state index in [2.05, 4.69) is 15.2 Å². The van der Waals surface area contributed by atoms with Crippen molar-refractivity contribution in [3.63, 3.8) is 0 Å². The van der Waals surface area contributed by atoms with Gasteiger partial charge in [0.15, 0.2) is 0 Å². The number of nitrogens with zero attached hydrogens (tertiary/aromatic N) is 4. The van der Waals surface area contributed by atoms with Crippen LogP contribution >= 0.6 is 11.8 Å². The standard InChI is InChI=1S/C10H16N4O2S/c1-8-11-12-10(17-7-9(15)16)14(8)13-5-3-2-4-6-13/h2-7H2,1H3,(H,15,16). The number of thioether (sulfide) groups is 1. The summed E-state index contributed by atoms with van der Waals surface area (Å²) < 4.78 is 1.95. The predicted molar refractivity (Wildman–Crippen MR) is 64.9 cm³/mol.